The first-order valence-electron chi connectivity index (χ1n) is 8.78. The number of anilines is 1. The van der Waals surface area contributed by atoms with Crippen molar-refractivity contribution >= 4 is 32.0 Å². The zero-order valence-electron chi connectivity index (χ0n) is 15.5. The van der Waals surface area contributed by atoms with E-state index in [-0.39, 0.29) is 5.92 Å². The SMILES string of the molecule is CN(C)c1ccc(-c2nn3c(C4CCN(S(C)(=O)=O)CC4)nnc3s2)cc1. The van der Waals surface area contributed by atoms with Crippen molar-refractivity contribution in [3.63, 3.8) is 0 Å². The number of fused-ring (bicyclic) bond motifs is 1. The summed E-state index contributed by atoms with van der Waals surface area (Å²) in [7, 11) is 0.898. The van der Waals surface area contributed by atoms with Gasteiger partial charge in [0.1, 0.15) is 5.01 Å². The van der Waals surface area contributed by atoms with Crippen LogP contribution in [0, 0.1) is 0 Å². The van der Waals surface area contributed by atoms with E-state index >= 15 is 0 Å². The van der Waals surface area contributed by atoms with Crippen molar-refractivity contribution in [1.29, 1.82) is 0 Å². The highest BCUT2D eigenvalue weighted by molar-refractivity contribution is 7.88. The summed E-state index contributed by atoms with van der Waals surface area (Å²) in [5.41, 5.74) is 2.19. The van der Waals surface area contributed by atoms with Gasteiger partial charge >= 0.3 is 0 Å². The van der Waals surface area contributed by atoms with Crippen LogP contribution in [0.4, 0.5) is 5.69 Å². The molecule has 1 aliphatic heterocycles. The molecule has 1 aromatic carbocycles. The van der Waals surface area contributed by atoms with Gasteiger partial charge in [0, 0.05) is 44.4 Å². The molecular weight excluding hydrogens is 384 g/mol. The van der Waals surface area contributed by atoms with E-state index in [0.29, 0.717) is 13.1 Å². The molecule has 0 atom stereocenters. The van der Waals surface area contributed by atoms with Gasteiger partial charge < -0.3 is 4.90 Å². The molecule has 3 heterocycles. The fourth-order valence-electron chi connectivity index (χ4n) is 3.35. The normalized spacial score (nSPS) is 16.9. The molecule has 0 spiro atoms. The van der Waals surface area contributed by atoms with Crippen LogP contribution in [0.5, 0.6) is 0 Å². The highest BCUT2D eigenvalue weighted by Crippen LogP contribution is 2.31. The Labute approximate surface area is 162 Å². The molecule has 0 amide bonds. The third-order valence-corrected chi connectivity index (χ3v) is 7.18. The lowest BCUT2D eigenvalue weighted by molar-refractivity contribution is 0.313. The predicted molar refractivity (Wildman–Crippen MR) is 107 cm³/mol. The lowest BCUT2D eigenvalue weighted by atomic mass is 9.97. The minimum absolute atomic E-state index is 0.170. The highest BCUT2D eigenvalue weighted by atomic mass is 32.2. The summed E-state index contributed by atoms with van der Waals surface area (Å²) in [4.78, 5) is 2.82. The maximum atomic E-state index is 11.7. The minimum atomic E-state index is -3.13. The van der Waals surface area contributed by atoms with Gasteiger partial charge in [0.2, 0.25) is 15.0 Å². The molecule has 27 heavy (non-hydrogen) atoms. The summed E-state index contributed by atoms with van der Waals surface area (Å²) in [6.45, 7) is 1.03. The molecule has 0 bridgehead atoms. The van der Waals surface area contributed by atoms with E-state index < -0.39 is 10.0 Å². The summed E-state index contributed by atoms with van der Waals surface area (Å²) in [6, 6.07) is 8.26. The third kappa shape index (κ3) is 3.56. The Kier molecular flexibility index (Phi) is 4.65. The molecule has 4 rings (SSSR count). The maximum Gasteiger partial charge on any atom is 0.234 e. The van der Waals surface area contributed by atoms with Crippen LogP contribution in [0.25, 0.3) is 15.5 Å². The molecule has 1 fully saturated rings. The van der Waals surface area contributed by atoms with E-state index in [1.165, 1.54) is 21.9 Å². The van der Waals surface area contributed by atoms with Crippen molar-refractivity contribution in [3.05, 3.63) is 30.1 Å². The molecule has 0 radical (unpaired) electrons. The molecule has 8 nitrogen and oxygen atoms in total. The monoisotopic (exact) mass is 406 g/mol. The number of rotatable bonds is 4. The Morgan fingerprint density at radius 3 is 2.37 bits per heavy atom. The van der Waals surface area contributed by atoms with Gasteiger partial charge in [-0.3, -0.25) is 0 Å². The Morgan fingerprint density at radius 1 is 1.11 bits per heavy atom. The third-order valence-electron chi connectivity index (χ3n) is 4.93. The second kappa shape index (κ2) is 6.84. The van der Waals surface area contributed by atoms with Crippen LogP contribution in [-0.2, 0) is 10.0 Å². The van der Waals surface area contributed by atoms with Crippen LogP contribution < -0.4 is 4.90 Å². The van der Waals surface area contributed by atoms with Gasteiger partial charge in [-0.2, -0.15) is 9.61 Å². The minimum Gasteiger partial charge on any atom is -0.378 e. The van der Waals surface area contributed by atoms with Gasteiger partial charge in [-0.1, -0.05) is 11.3 Å². The van der Waals surface area contributed by atoms with E-state index in [2.05, 4.69) is 39.4 Å². The van der Waals surface area contributed by atoms with Crippen LogP contribution in [0.3, 0.4) is 0 Å². The van der Waals surface area contributed by atoms with Gasteiger partial charge in [0.25, 0.3) is 0 Å². The fourth-order valence-corrected chi connectivity index (χ4v) is 5.08. The van der Waals surface area contributed by atoms with E-state index in [1.54, 1.807) is 0 Å². The standard InChI is InChI=1S/C17H22N6O2S2/c1-21(2)14-6-4-13(5-7-14)16-20-23-15(18-19-17(23)26-16)12-8-10-22(11-9-12)27(3,24)25/h4-7,12H,8-11H2,1-3H3. The molecule has 0 N–H and O–H groups in total. The number of piperidine rings is 1. The Bertz CT molecular complexity index is 1050. The Morgan fingerprint density at radius 2 is 1.78 bits per heavy atom. The van der Waals surface area contributed by atoms with Crippen molar-refractivity contribution < 1.29 is 8.42 Å². The van der Waals surface area contributed by atoms with Crippen LogP contribution in [0.15, 0.2) is 24.3 Å². The van der Waals surface area contributed by atoms with Crippen molar-refractivity contribution in [2.75, 3.05) is 38.3 Å². The van der Waals surface area contributed by atoms with E-state index in [1.807, 2.05) is 18.6 Å². The summed E-state index contributed by atoms with van der Waals surface area (Å²) >= 11 is 1.51. The zero-order chi connectivity index (χ0) is 19.2. The molecule has 144 valence electrons. The van der Waals surface area contributed by atoms with Crippen molar-refractivity contribution in [3.8, 4) is 10.6 Å². The van der Waals surface area contributed by atoms with Gasteiger partial charge in [-0.05, 0) is 37.1 Å². The lowest BCUT2D eigenvalue weighted by Gasteiger charge is -2.28. The van der Waals surface area contributed by atoms with E-state index in [0.717, 1.165) is 39.9 Å². The molecule has 10 heteroatoms. The van der Waals surface area contributed by atoms with Gasteiger partial charge in [-0.15, -0.1) is 10.2 Å². The number of sulfonamides is 1. The molecule has 2 aromatic heterocycles. The van der Waals surface area contributed by atoms with Crippen molar-refractivity contribution in [2.45, 2.75) is 18.8 Å². The van der Waals surface area contributed by atoms with Gasteiger partial charge in [-0.25, -0.2) is 12.7 Å². The molecular formula is C17H22N6O2S2. The first-order valence-corrected chi connectivity index (χ1v) is 11.4. The molecule has 1 aliphatic rings. The number of hydrogen-bond acceptors (Lipinski definition) is 7. The molecule has 0 saturated carbocycles. The van der Waals surface area contributed by atoms with Gasteiger partial charge in [0.05, 0.1) is 6.26 Å². The smallest absolute Gasteiger partial charge is 0.234 e. The summed E-state index contributed by atoms with van der Waals surface area (Å²) in [6.07, 6.45) is 2.73. The number of benzene rings is 1. The Hall–Kier alpha value is -2.04. The zero-order valence-corrected chi connectivity index (χ0v) is 17.2. The average Bonchev–Trinajstić information content (AvgIpc) is 3.22. The summed E-state index contributed by atoms with van der Waals surface area (Å²) in [5, 5.41) is 14.2. The van der Waals surface area contributed by atoms with E-state index in [4.69, 9.17) is 5.10 Å². The largest absolute Gasteiger partial charge is 0.378 e. The first kappa shape index (κ1) is 18.3. The molecule has 0 unspecified atom stereocenters. The molecule has 3 aromatic rings. The van der Waals surface area contributed by atoms with Crippen LogP contribution in [0.2, 0.25) is 0 Å². The second-order valence-corrected chi connectivity index (χ2v) is 9.98. The summed E-state index contributed by atoms with van der Waals surface area (Å²) < 4.78 is 26.7. The van der Waals surface area contributed by atoms with Crippen LogP contribution >= 0.6 is 11.3 Å². The molecule has 1 saturated heterocycles. The fraction of sp³-hybridized carbons (Fsp3) is 0.471. The predicted octanol–water partition coefficient (Wildman–Crippen LogP) is 2.06. The average molecular weight is 407 g/mol. The van der Waals surface area contributed by atoms with Crippen LogP contribution in [0.1, 0.15) is 24.6 Å². The quantitative estimate of drug-likeness (QED) is 0.659. The maximum absolute atomic E-state index is 11.7. The van der Waals surface area contributed by atoms with Gasteiger partial charge in [0.15, 0.2) is 5.82 Å². The van der Waals surface area contributed by atoms with Crippen LogP contribution in [-0.4, -0.2) is 66.0 Å². The number of hydrogen-bond donors (Lipinski definition) is 0. The highest BCUT2D eigenvalue weighted by Gasteiger charge is 2.29. The first-order chi connectivity index (χ1) is 12.8. The van der Waals surface area contributed by atoms with Crippen molar-refractivity contribution in [2.24, 2.45) is 0 Å². The van der Waals surface area contributed by atoms with Crippen molar-refractivity contribution in [1.82, 2.24) is 24.1 Å². The number of nitrogens with zero attached hydrogens (tertiary/aromatic N) is 6. The second-order valence-electron chi connectivity index (χ2n) is 7.04. The lowest BCUT2D eigenvalue weighted by Crippen LogP contribution is -2.37. The summed E-state index contributed by atoms with van der Waals surface area (Å²) in [5.74, 6) is 0.995. The topological polar surface area (TPSA) is 83.7 Å². The molecule has 0 aliphatic carbocycles. The van der Waals surface area contributed by atoms with E-state index in [9.17, 15) is 8.42 Å². The number of aromatic nitrogens is 4. The Balaban J connectivity index is 1.58.